The van der Waals surface area contributed by atoms with Gasteiger partial charge in [0.05, 0.1) is 45.0 Å². The van der Waals surface area contributed by atoms with Gasteiger partial charge in [-0.3, -0.25) is 14.5 Å². The third-order valence-electron chi connectivity index (χ3n) is 5.34. The normalized spacial score (nSPS) is 18.7. The van der Waals surface area contributed by atoms with E-state index in [-0.39, 0.29) is 38.5 Å². The van der Waals surface area contributed by atoms with E-state index in [2.05, 4.69) is 10.3 Å². The highest BCUT2D eigenvalue weighted by Gasteiger charge is 2.40. The second-order valence-electron chi connectivity index (χ2n) is 7.70. The Labute approximate surface area is 198 Å². The minimum absolute atomic E-state index is 0.148. The van der Waals surface area contributed by atoms with Gasteiger partial charge in [0.2, 0.25) is 10.0 Å². The maximum atomic E-state index is 13.1. The number of hydrogen-bond acceptors (Lipinski definition) is 10. The highest BCUT2D eigenvalue weighted by atomic mass is 32.2. The molecule has 34 heavy (non-hydrogen) atoms. The largest absolute Gasteiger partial charge is 0.497 e. The number of aromatic nitrogens is 3. The molecule has 0 bridgehead atoms. The van der Waals surface area contributed by atoms with E-state index in [1.165, 1.54) is 18.0 Å². The molecular weight excluding hydrogens is 466 g/mol. The smallest absolute Gasteiger partial charge is 0.327 e. The van der Waals surface area contributed by atoms with E-state index in [1.54, 1.807) is 14.0 Å². The van der Waals surface area contributed by atoms with Crippen LogP contribution in [0.4, 0.5) is 0 Å². The molecule has 3 rings (SSSR count). The summed E-state index contributed by atoms with van der Waals surface area (Å²) in [6.45, 7) is 2.45. The van der Waals surface area contributed by atoms with Crippen molar-refractivity contribution in [3.8, 4) is 5.75 Å². The van der Waals surface area contributed by atoms with Crippen molar-refractivity contribution in [1.82, 2.24) is 24.2 Å². The van der Waals surface area contributed by atoms with Gasteiger partial charge < -0.3 is 14.2 Å². The first-order valence-corrected chi connectivity index (χ1v) is 12.3. The number of esters is 2. The van der Waals surface area contributed by atoms with Crippen LogP contribution >= 0.6 is 0 Å². The van der Waals surface area contributed by atoms with E-state index in [9.17, 15) is 18.0 Å². The Morgan fingerprint density at radius 2 is 1.88 bits per heavy atom. The fraction of sp³-hybridized carbons (Fsp3) is 0.524. The number of carbonyl (C=O) groups excluding carboxylic acids is 2. The molecule has 1 aliphatic heterocycles. The average molecular weight is 496 g/mol. The maximum Gasteiger partial charge on any atom is 0.327 e. The molecule has 2 heterocycles. The molecule has 1 aromatic heterocycles. The molecule has 1 fully saturated rings. The summed E-state index contributed by atoms with van der Waals surface area (Å²) in [4.78, 5) is 26.2. The summed E-state index contributed by atoms with van der Waals surface area (Å²) in [6, 6.07) is 6.38. The fourth-order valence-electron chi connectivity index (χ4n) is 3.64. The van der Waals surface area contributed by atoms with Gasteiger partial charge in [-0.05, 0) is 24.6 Å². The third-order valence-corrected chi connectivity index (χ3v) is 7.14. The second kappa shape index (κ2) is 11.4. The Kier molecular flexibility index (Phi) is 8.58. The Balaban J connectivity index is 1.79. The SMILES string of the molecule is CCOC(=O)Cn1cc(CN2C(C(=O)OC)CN(Cc3ccc(OC)cc3)CCS2(=O)=O)nn1. The number of hydrogen-bond donors (Lipinski definition) is 0. The van der Waals surface area contributed by atoms with Crippen molar-refractivity contribution in [3.63, 3.8) is 0 Å². The van der Waals surface area contributed by atoms with Gasteiger partial charge in [-0.2, -0.15) is 4.31 Å². The molecule has 186 valence electrons. The Hall–Kier alpha value is -3.03. The van der Waals surface area contributed by atoms with Gasteiger partial charge in [-0.25, -0.2) is 13.1 Å². The zero-order chi connectivity index (χ0) is 24.7. The lowest BCUT2D eigenvalue weighted by atomic mass is 10.2. The maximum absolute atomic E-state index is 13.1. The molecule has 0 spiro atoms. The van der Waals surface area contributed by atoms with E-state index in [0.717, 1.165) is 15.6 Å². The van der Waals surface area contributed by atoms with Crippen molar-refractivity contribution >= 4 is 22.0 Å². The van der Waals surface area contributed by atoms with Crippen LogP contribution in [0, 0.1) is 0 Å². The number of nitrogens with zero attached hydrogens (tertiary/aromatic N) is 5. The molecule has 12 nitrogen and oxygen atoms in total. The molecule has 1 atom stereocenters. The van der Waals surface area contributed by atoms with Gasteiger partial charge >= 0.3 is 11.9 Å². The Bertz CT molecular complexity index is 1090. The van der Waals surface area contributed by atoms with Crippen molar-refractivity contribution in [2.75, 3.05) is 39.7 Å². The van der Waals surface area contributed by atoms with Crippen LogP contribution in [0.15, 0.2) is 30.5 Å². The van der Waals surface area contributed by atoms with Crippen molar-refractivity contribution in [3.05, 3.63) is 41.7 Å². The van der Waals surface area contributed by atoms with E-state index in [0.29, 0.717) is 12.2 Å². The minimum Gasteiger partial charge on any atom is -0.497 e. The van der Waals surface area contributed by atoms with Crippen LogP contribution in [-0.2, 0) is 48.7 Å². The minimum atomic E-state index is -3.82. The molecule has 1 saturated heterocycles. The molecule has 0 radical (unpaired) electrons. The summed E-state index contributed by atoms with van der Waals surface area (Å²) < 4.78 is 43.6. The van der Waals surface area contributed by atoms with Crippen molar-refractivity contribution < 1.29 is 32.2 Å². The van der Waals surface area contributed by atoms with Gasteiger partial charge in [-0.15, -0.1) is 5.10 Å². The van der Waals surface area contributed by atoms with Crippen LogP contribution in [0.2, 0.25) is 0 Å². The molecule has 1 unspecified atom stereocenters. The molecule has 0 amide bonds. The first kappa shape index (κ1) is 25.6. The number of benzene rings is 1. The van der Waals surface area contributed by atoms with E-state index < -0.39 is 28.0 Å². The molecule has 1 aliphatic rings. The third kappa shape index (κ3) is 6.52. The van der Waals surface area contributed by atoms with Crippen LogP contribution in [0.25, 0.3) is 0 Å². The lowest BCUT2D eigenvalue weighted by Crippen LogP contribution is -2.48. The van der Waals surface area contributed by atoms with E-state index in [1.807, 2.05) is 29.2 Å². The van der Waals surface area contributed by atoms with Crippen molar-refractivity contribution in [2.45, 2.75) is 32.6 Å². The first-order valence-electron chi connectivity index (χ1n) is 10.7. The number of rotatable bonds is 9. The molecule has 0 saturated carbocycles. The average Bonchev–Trinajstić information content (AvgIpc) is 3.21. The van der Waals surface area contributed by atoms with Crippen LogP contribution in [0.1, 0.15) is 18.2 Å². The number of methoxy groups -OCH3 is 2. The topological polar surface area (TPSA) is 133 Å². The van der Waals surface area contributed by atoms with Crippen molar-refractivity contribution in [2.24, 2.45) is 0 Å². The van der Waals surface area contributed by atoms with Crippen LogP contribution < -0.4 is 4.74 Å². The Morgan fingerprint density at radius 3 is 2.53 bits per heavy atom. The zero-order valence-electron chi connectivity index (χ0n) is 19.4. The van der Waals surface area contributed by atoms with E-state index in [4.69, 9.17) is 14.2 Å². The summed E-state index contributed by atoms with van der Waals surface area (Å²) in [6.07, 6.45) is 1.46. The second-order valence-corrected chi connectivity index (χ2v) is 9.74. The van der Waals surface area contributed by atoms with Gasteiger partial charge in [-0.1, -0.05) is 17.3 Å². The van der Waals surface area contributed by atoms with Crippen molar-refractivity contribution in [1.29, 1.82) is 0 Å². The number of ether oxygens (including phenoxy) is 3. The molecular formula is C21H29N5O7S. The summed E-state index contributed by atoms with van der Waals surface area (Å²) in [5.74, 6) is -0.600. The molecule has 0 N–H and O–H groups in total. The van der Waals surface area contributed by atoms with Crippen LogP contribution in [0.3, 0.4) is 0 Å². The summed E-state index contributed by atoms with van der Waals surface area (Å²) in [7, 11) is -1.01. The van der Waals surface area contributed by atoms with E-state index >= 15 is 0 Å². The van der Waals surface area contributed by atoms with Gasteiger partial charge in [0, 0.05) is 19.6 Å². The van der Waals surface area contributed by atoms with Gasteiger partial charge in [0.1, 0.15) is 18.3 Å². The number of carbonyl (C=O) groups is 2. The predicted octanol–water partition coefficient (Wildman–Crippen LogP) is 0.0390. The predicted molar refractivity (Wildman–Crippen MR) is 120 cm³/mol. The molecule has 13 heteroatoms. The summed E-state index contributed by atoms with van der Waals surface area (Å²) in [5.41, 5.74) is 1.25. The van der Waals surface area contributed by atoms with Gasteiger partial charge in [0.25, 0.3) is 0 Å². The Morgan fingerprint density at radius 1 is 1.15 bits per heavy atom. The summed E-state index contributed by atoms with van der Waals surface area (Å²) in [5, 5.41) is 7.82. The zero-order valence-corrected chi connectivity index (χ0v) is 20.2. The molecule has 2 aromatic rings. The monoisotopic (exact) mass is 495 g/mol. The standard InChI is InChI=1S/C21H29N5O7S/c1-4-33-20(27)15-25-12-17(22-23-25)13-26-19(21(28)32-3)14-24(9-10-34(26,29)30)11-16-5-7-18(31-2)8-6-16/h5-8,12,19H,4,9-11,13-15H2,1-3H3. The highest BCUT2D eigenvalue weighted by molar-refractivity contribution is 7.89. The quantitative estimate of drug-likeness (QED) is 0.439. The van der Waals surface area contributed by atoms with Gasteiger partial charge in [0.15, 0.2) is 0 Å². The summed E-state index contributed by atoms with van der Waals surface area (Å²) >= 11 is 0. The molecule has 0 aliphatic carbocycles. The van der Waals surface area contributed by atoms with Crippen LogP contribution in [-0.4, -0.2) is 90.3 Å². The lowest BCUT2D eigenvalue weighted by Gasteiger charge is -2.28. The lowest BCUT2D eigenvalue weighted by molar-refractivity contribution is -0.146. The number of sulfonamides is 1. The van der Waals surface area contributed by atoms with Crippen LogP contribution in [0.5, 0.6) is 5.75 Å². The fourth-order valence-corrected chi connectivity index (χ4v) is 5.23. The first-order chi connectivity index (χ1) is 16.2. The molecule has 1 aromatic carbocycles. The highest BCUT2D eigenvalue weighted by Crippen LogP contribution is 2.21.